The van der Waals surface area contributed by atoms with E-state index in [0.29, 0.717) is 6.54 Å². The molecule has 2 rings (SSSR count). The molecule has 0 bridgehead atoms. The Kier molecular flexibility index (Phi) is 3.13. The summed E-state index contributed by atoms with van der Waals surface area (Å²) in [5.41, 5.74) is 5.45. The topological polar surface area (TPSA) is 63.8 Å². The van der Waals surface area contributed by atoms with Crippen LogP contribution in [0.3, 0.4) is 0 Å². The van der Waals surface area contributed by atoms with Crippen molar-refractivity contribution in [3.63, 3.8) is 0 Å². The van der Waals surface area contributed by atoms with E-state index in [0.717, 1.165) is 29.0 Å². The Morgan fingerprint density at radius 2 is 2.33 bits per heavy atom. The van der Waals surface area contributed by atoms with Crippen molar-refractivity contribution < 1.29 is 0 Å². The van der Waals surface area contributed by atoms with E-state index in [1.165, 1.54) is 4.88 Å². The molecule has 0 unspecified atom stereocenters. The number of fused-ring (bicyclic) bond motifs is 1. The molecule has 0 saturated carbocycles. The zero-order valence-electron chi connectivity index (χ0n) is 8.66. The summed E-state index contributed by atoms with van der Waals surface area (Å²) in [7, 11) is 0. The Bertz CT molecular complexity index is 452. The van der Waals surface area contributed by atoms with E-state index in [4.69, 9.17) is 5.73 Å². The molecule has 0 aliphatic rings. The van der Waals surface area contributed by atoms with Gasteiger partial charge in [-0.15, -0.1) is 11.3 Å². The van der Waals surface area contributed by atoms with Gasteiger partial charge in [0.1, 0.15) is 17.0 Å². The normalized spacial score (nSPS) is 10.8. The van der Waals surface area contributed by atoms with Crippen LogP contribution in [0.1, 0.15) is 11.8 Å². The number of nitrogens with one attached hydrogen (secondary N) is 1. The van der Waals surface area contributed by atoms with E-state index in [9.17, 15) is 0 Å². The summed E-state index contributed by atoms with van der Waals surface area (Å²) in [4.78, 5) is 10.9. The molecule has 4 nitrogen and oxygen atoms in total. The summed E-state index contributed by atoms with van der Waals surface area (Å²) in [5.74, 6) is 0.890. The zero-order valence-corrected chi connectivity index (χ0v) is 9.47. The predicted octanol–water partition coefficient (Wildman–Crippen LogP) is 1.62. The van der Waals surface area contributed by atoms with Crippen molar-refractivity contribution in [3.8, 4) is 0 Å². The second kappa shape index (κ2) is 4.55. The average Bonchev–Trinajstić information content (AvgIpc) is 2.69. The third-order valence-corrected chi connectivity index (χ3v) is 3.35. The minimum atomic E-state index is 0.607. The highest BCUT2D eigenvalue weighted by atomic mass is 32.1. The Balaban J connectivity index is 2.40. The van der Waals surface area contributed by atoms with Crippen LogP contribution in [0.5, 0.6) is 0 Å². The van der Waals surface area contributed by atoms with Gasteiger partial charge in [-0.3, -0.25) is 0 Å². The van der Waals surface area contributed by atoms with Gasteiger partial charge in [-0.2, -0.15) is 0 Å². The smallest absolute Gasteiger partial charge is 0.138 e. The van der Waals surface area contributed by atoms with Crippen LogP contribution < -0.4 is 11.1 Å². The largest absolute Gasteiger partial charge is 0.368 e. The number of anilines is 1. The first-order valence-electron chi connectivity index (χ1n) is 5.02. The molecule has 15 heavy (non-hydrogen) atoms. The van der Waals surface area contributed by atoms with Crippen molar-refractivity contribution in [1.82, 2.24) is 9.97 Å². The highest BCUT2D eigenvalue weighted by Crippen LogP contribution is 2.28. The van der Waals surface area contributed by atoms with Crippen LogP contribution in [0.15, 0.2) is 12.4 Å². The fourth-order valence-corrected chi connectivity index (χ4v) is 2.35. The third kappa shape index (κ3) is 2.08. The van der Waals surface area contributed by atoms with Crippen molar-refractivity contribution in [1.29, 1.82) is 0 Å². The first-order valence-corrected chi connectivity index (χ1v) is 5.84. The van der Waals surface area contributed by atoms with E-state index in [1.807, 2.05) is 0 Å². The van der Waals surface area contributed by atoms with Gasteiger partial charge >= 0.3 is 0 Å². The van der Waals surface area contributed by atoms with Gasteiger partial charge in [0.25, 0.3) is 0 Å². The number of thiophene rings is 1. The van der Waals surface area contributed by atoms with E-state index in [2.05, 4.69) is 28.3 Å². The molecule has 5 heteroatoms. The quantitative estimate of drug-likeness (QED) is 0.825. The first kappa shape index (κ1) is 10.3. The zero-order chi connectivity index (χ0) is 10.7. The molecule has 3 N–H and O–H groups in total. The maximum Gasteiger partial charge on any atom is 0.138 e. The molecule has 0 amide bonds. The lowest BCUT2D eigenvalue weighted by atomic mass is 10.3. The molecule has 0 saturated heterocycles. The Labute approximate surface area is 92.5 Å². The number of nitrogens with zero attached hydrogens (tertiary/aromatic N) is 2. The highest BCUT2D eigenvalue weighted by molar-refractivity contribution is 7.18. The van der Waals surface area contributed by atoms with Crippen molar-refractivity contribution in [3.05, 3.63) is 17.3 Å². The first-order chi connectivity index (χ1) is 7.35. The molecule has 0 aromatic carbocycles. The van der Waals surface area contributed by atoms with E-state index in [-0.39, 0.29) is 0 Å². The minimum absolute atomic E-state index is 0.607. The Morgan fingerprint density at radius 1 is 1.47 bits per heavy atom. The van der Waals surface area contributed by atoms with Crippen LogP contribution in [0.25, 0.3) is 10.2 Å². The molecular weight excluding hydrogens is 208 g/mol. The van der Waals surface area contributed by atoms with Gasteiger partial charge in [0.15, 0.2) is 0 Å². The van der Waals surface area contributed by atoms with E-state index < -0.39 is 0 Å². The van der Waals surface area contributed by atoms with Crippen molar-refractivity contribution in [2.24, 2.45) is 5.73 Å². The van der Waals surface area contributed by atoms with Gasteiger partial charge in [0.2, 0.25) is 0 Å². The molecule has 2 heterocycles. The number of nitrogens with two attached hydrogens (primary N) is 1. The van der Waals surface area contributed by atoms with Crippen molar-refractivity contribution in [2.45, 2.75) is 13.3 Å². The number of aromatic nitrogens is 2. The molecule has 80 valence electrons. The molecule has 0 aliphatic carbocycles. The lowest BCUT2D eigenvalue weighted by Gasteiger charge is -2.03. The van der Waals surface area contributed by atoms with Gasteiger partial charge in [-0.05, 0) is 12.5 Å². The SMILES string of the molecule is CCc1cc2c(NCCN)ncnc2s1. The molecule has 0 radical (unpaired) electrons. The minimum Gasteiger partial charge on any atom is -0.368 e. The van der Waals surface area contributed by atoms with Crippen LogP contribution in [-0.2, 0) is 6.42 Å². The number of rotatable bonds is 4. The lowest BCUT2D eigenvalue weighted by Crippen LogP contribution is -2.13. The standard InChI is InChI=1S/C10H14N4S/c1-2-7-5-8-9(12-4-3-11)13-6-14-10(8)15-7/h5-6H,2-4,11H2,1H3,(H,12,13,14). The van der Waals surface area contributed by atoms with Gasteiger partial charge in [-0.25, -0.2) is 9.97 Å². The van der Waals surface area contributed by atoms with Crippen molar-refractivity contribution in [2.75, 3.05) is 18.4 Å². The predicted molar refractivity (Wildman–Crippen MR) is 64.3 cm³/mol. The van der Waals surface area contributed by atoms with Crippen LogP contribution in [-0.4, -0.2) is 23.1 Å². The summed E-state index contributed by atoms with van der Waals surface area (Å²) < 4.78 is 0. The van der Waals surface area contributed by atoms with Gasteiger partial charge in [0.05, 0.1) is 5.39 Å². The molecule has 0 fully saturated rings. The summed E-state index contributed by atoms with van der Waals surface area (Å²) >= 11 is 1.72. The van der Waals surface area contributed by atoms with Gasteiger partial charge in [-0.1, -0.05) is 6.92 Å². The van der Waals surface area contributed by atoms with Crippen LogP contribution in [0.2, 0.25) is 0 Å². The lowest BCUT2D eigenvalue weighted by molar-refractivity contribution is 1.01. The van der Waals surface area contributed by atoms with Gasteiger partial charge < -0.3 is 11.1 Å². The van der Waals surface area contributed by atoms with E-state index >= 15 is 0 Å². The summed E-state index contributed by atoms with van der Waals surface area (Å²) in [6.45, 7) is 3.49. The number of hydrogen-bond acceptors (Lipinski definition) is 5. The molecular formula is C10H14N4S. The maximum absolute atomic E-state index is 5.45. The highest BCUT2D eigenvalue weighted by Gasteiger charge is 2.06. The number of hydrogen-bond donors (Lipinski definition) is 2. The monoisotopic (exact) mass is 222 g/mol. The summed E-state index contributed by atoms with van der Waals surface area (Å²) in [5, 5.41) is 4.31. The maximum atomic E-state index is 5.45. The Morgan fingerprint density at radius 3 is 3.07 bits per heavy atom. The molecule has 2 aromatic rings. The molecule has 0 aliphatic heterocycles. The number of aryl methyl sites for hydroxylation is 1. The fraction of sp³-hybridized carbons (Fsp3) is 0.400. The van der Waals surface area contributed by atoms with Crippen LogP contribution in [0, 0.1) is 0 Å². The van der Waals surface area contributed by atoms with Crippen LogP contribution in [0.4, 0.5) is 5.82 Å². The molecule has 0 spiro atoms. The summed E-state index contributed by atoms with van der Waals surface area (Å²) in [6, 6.07) is 2.15. The summed E-state index contributed by atoms with van der Waals surface area (Å²) in [6.07, 6.45) is 2.63. The average molecular weight is 222 g/mol. The second-order valence-corrected chi connectivity index (χ2v) is 4.34. The third-order valence-electron chi connectivity index (χ3n) is 2.17. The van der Waals surface area contributed by atoms with Crippen LogP contribution >= 0.6 is 11.3 Å². The fourth-order valence-electron chi connectivity index (χ4n) is 1.41. The molecule has 0 atom stereocenters. The van der Waals surface area contributed by atoms with E-state index in [1.54, 1.807) is 17.7 Å². The molecule has 2 aromatic heterocycles. The van der Waals surface area contributed by atoms with Crippen molar-refractivity contribution >= 4 is 27.4 Å². The Hall–Kier alpha value is -1.20. The second-order valence-electron chi connectivity index (χ2n) is 3.22. The van der Waals surface area contributed by atoms with Gasteiger partial charge in [0, 0.05) is 18.0 Å².